The van der Waals surface area contributed by atoms with Crippen LogP contribution in [0.5, 0.6) is 0 Å². The first-order chi connectivity index (χ1) is 13.6. The molecule has 1 spiro atoms. The van der Waals surface area contributed by atoms with Crippen molar-refractivity contribution in [1.82, 2.24) is 4.90 Å². The van der Waals surface area contributed by atoms with E-state index >= 15 is 4.39 Å². The summed E-state index contributed by atoms with van der Waals surface area (Å²) in [7, 11) is -1.72. The maximum absolute atomic E-state index is 15.4. The molecular formula is C23H42FNO3Si. The molecule has 0 aromatic carbocycles. The summed E-state index contributed by atoms with van der Waals surface area (Å²) in [6.07, 6.45) is 2.64. The number of alkyl halides is 1. The van der Waals surface area contributed by atoms with E-state index in [4.69, 9.17) is 9.47 Å². The van der Waals surface area contributed by atoms with E-state index in [0.29, 0.717) is 29.7 Å². The van der Waals surface area contributed by atoms with Crippen molar-refractivity contribution in [3.63, 3.8) is 0 Å². The molecule has 0 aliphatic carbocycles. The molecule has 1 unspecified atom stereocenters. The highest BCUT2D eigenvalue weighted by Crippen LogP contribution is 2.53. The molecule has 6 heteroatoms. The van der Waals surface area contributed by atoms with Gasteiger partial charge in [-0.15, -0.1) is 0 Å². The Hall–Kier alpha value is -0.623. The third-order valence-corrected chi connectivity index (χ3v) is 16.0. The molecule has 168 valence electrons. The second-order valence-electron chi connectivity index (χ2n) is 10.7. The summed E-state index contributed by atoms with van der Waals surface area (Å²) in [6, 6.07) is 1.20. The number of fused-ring (bicyclic) bond motifs is 2. The Morgan fingerprint density at radius 3 is 2.03 bits per heavy atom. The molecular weight excluding hydrogens is 385 g/mol. The lowest BCUT2D eigenvalue weighted by molar-refractivity contribution is -0.0901. The van der Waals surface area contributed by atoms with Crippen LogP contribution in [-0.4, -0.2) is 55.6 Å². The van der Waals surface area contributed by atoms with Gasteiger partial charge in [-0.05, 0) is 38.7 Å². The van der Waals surface area contributed by atoms with E-state index in [0.717, 1.165) is 31.7 Å². The lowest BCUT2D eigenvalue weighted by Gasteiger charge is -2.46. The van der Waals surface area contributed by atoms with Gasteiger partial charge in [0.15, 0.2) is 0 Å². The number of piperidine rings is 1. The first-order valence-electron chi connectivity index (χ1n) is 11.8. The van der Waals surface area contributed by atoms with Crippen LogP contribution in [0.25, 0.3) is 0 Å². The maximum Gasteiger partial charge on any atom is 0.410 e. The molecule has 29 heavy (non-hydrogen) atoms. The molecule has 0 N–H and O–H groups in total. The zero-order chi connectivity index (χ0) is 21.6. The number of ether oxygens (including phenoxy) is 2. The van der Waals surface area contributed by atoms with Crippen molar-refractivity contribution in [2.45, 2.75) is 133 Å². The molecule has 0 saturated carbocycles. The van der Waals surface area contributed by atoms with E-state index in [1.807, 2.05) is 11.8 Å². The smallest absolute Gasteiger partial charge is 0.410 e. The summed E-state index contributed by atoms with van der Waals surface area (Å²) in [5.41, 5.74) is 1.44. The largest absolute Gasteiger partial charge is 0.450 e. The van der Waals surface area contributed by atoms with Gasteiger partial charge < -0.3 is 14.4 Å². The SMILES string of the molecule is CCOC(=O)N1[C@@H]2CC[C@H]1CC1(C2)C[C@@H](F)[C@@H](C[Si](C(C)C)(C(C)C)C(C)C)O1. The predicted octanol–water partition coefficient (Wildman–Crippen LogP) is 6.31. The Morgan fingerprint density at radius 2 is 1.59 bits per heavy atom. The summed E-state index contributed by atoms with van der Waals surface area (Å²) < 4.78 is 27.3. The number of carbonyl (C=O) groups excluding carboxylic acids is 1. The zero-order valence-corrected chi connectivity index (χ0v) is 20.5. The molecule has 3 aliphatic heterocycles. The molecule has 0 aromatic heterocycles. The van der Waals surface area contributed by atoms with Gasteiger partial charge in [0.1, 0.15) is 6.17 Å². The van der Waals surface area contributed by atoms with Gasteiger partial charge in [-0.1, -0.05) is 58.2 Å². The number of hydrogen-bond donors (Lipinski definition) is 0. The number of nitrogens with zero attached hydrogens (tertiary/aromatic N) is 1. The van der Waals surface area contributed by atoms with Crippen LogP contribution in [0.2, 0.25) is 22.7 Å². The van der Waals surface area contributed by atoms with Crippen LogP contribution in [0, 0.1) is 0 Å². The van der Waals surface area contributed by atoms with Gasteiger partial charge in [-0.2, -0.15) is 0 Å². The van der Waals surface area contributed by atoms with E-state index in [-0.39, 0.29) is 29.9 Å². The van der Waals surface area contributed by atoms with Gasteiger partial charge in [0.05, 0.1) is 26.4 Å². The highest BCUT2D eigenvalue weighted by molar-refractivity contribution is 6.83. The summed E-state index contributed by atoms with van der Waals surface area (Å²) in [5.74, 6) is 0. The van der Waals surface area contributed by atoms with Crippen molar-refractivity contribution in [2.75, 3.05) is 6.61 Å². The first-order valence-corrected chi connectivity index (χ1v) is 14.3. The molecule has 4 nitrogen and oxygen atoms in total. The minimum Gasteiger partial charge on any atom is -0.450 e. The summed E-state index contributed by atoms with van der Waals surface area (Å²) in [5, 5.41) is 0. The van der Waals surface area contributed by atoms with Crippen molar-refractivity contribution in [3.05, 3.63) is 0 Å². The molecule has 3 aliphatic rings. The fourth-order valence-electron chi connectivity index (χ4n) is 7.22. The third-order valence-electron chi connectivity index (χ3n) is 8.47. The molecule has 0 radical (unpaired) electrons. The fraction of sp³-hybridized carbons (Fsp3) is 0.957. The average Bonchev–Trinajstić information content (AvgIpc) is 3.06. The quantitative estimate of drug-likeness (QED) is 0.466. The number of amides is 1. The van der Waals surface area contributed by atoms with E-state index in [1.165, 1.54) is 0 Å². The van der Waals surface area contributed by atoms with Crippen molar-refractivity contribution in [3.8, 4) is 0 Å². The highest BCUT2D eigenvalue weighted by atomic mass is 28.3. The number of halogens is 1. The Kier molecular flexibility index (Phi) is 6.74. The third kappa shape index (κ3) is 4.00. The fourth-order valence-corrected chi connectivity index (χ4v) is 13.7. The van der Waals surface area contributed by atoms with Crippen LogP contribution in [0.3, 0.4) is 0 Å². The van der Waals surface area contributed by atoms with Crippen molar-refractivity contribution in [2.24, 2.45) is 0 Å². The molecule has 0 aromatic rings. The van der Waals surface area contributed by atoms with Crippen molar-refractivity contribution < 1.29 is 18.7 Å². The van der Waals surface area contributed by atoms with Crippen LogP contribution in [0.15, 0.2) is 0 Å². The first kappa shape index (κ1) is 23.0. The molecule has 3 saturated heterocycles. The lowest BCUT2D eigenvalue weighted by atomic mass is 9.83. The van der Waals surface area contributed by atoms with Gasteiger partial charge in [0, 0.05) is 18.5 Å². The Bertz CT molecular complexity index is 561. The van der Waals surface area contributed by atoms with Gasteiger partial charge in [0.25, 0.3) is 0 Å². The summed E-state index contributed by atoms with van der Waals surface area (Å²) >= 11 is 0. The minimum absolute atomic E-state index is 0.140. The predicted molar refractivity (Wildman–Crippen MR) is 118 cm³/mol. The normalized spacial score (nSPS) is 34.8. The van der Waals surface area contributed by atoms with Crippen LogP contribution in [-0.2, 0) is 9.47 Å². The monoisotopic (exact) mass is 427 g/mol. The maximum atomic E-state index is 15.4. The van der Waals surface area contributed by atoms with Crippen LogP contribution < -0.4 is 0 Å². The lowest BCUT2D eigenvalue weighted by Crippen LogP contribution is -2.53. The van der Waals surface area contributed by atoms with E-state index in [1.54, 1.807) is 0 Å². The van der Waals surface area contributed by atoms with E-state index in [2.05, 4.69) is 41.5 Å². The summed E-state index contributed by atoms with van der Waals surface area (Å²) in [6.45, 7) is 16.3. The molecule has 5 atom stereocenters. The van der Waals surface area contributed by atoms with Crippen molar-refractivity contribution >= 4 is 14.2 Å². The average molecular weight is 428 g/mol. The van der Waals surface area contributed by atoms with Crippen LogP contribution >= 0.6 is 0 Å². The Labute approximate surface area is 177 Å². The van der Waals surface area contributed by atoms with Gasteiger partial charge >= 0.3 is 6.09 Å². The molecule has 3 rings (SSSR count). The standard InChI is InChI=1S/C23H42FNO3Si/c1-8-27-22(26)25-18-9-10-19(25)12-23(11-18)13-20(24)21(28-23)14-29(15(2)3,16(4)5)17(6)7/h15-21H,8-14H2,1-7H3/t18-,19+,20-,21-,23?/m1/s1. The molecule has 3 fully saturated rings. The number of hydrogen-bond acceptors (Lipinski definition) is 3. The van der Waals surface area contributed by atoms with Gasteiger partial charge in [-0.3, -0.25) is 0 Å². The number of carbonyl (C=O) groups is 1. The van der Waals surface area contributed by atoms with Crippen LogP contribution in [0.1, 0.15) is 80.6 Å². The van der Waals surface area contributed by atoms with Crippen LogP contribution in [0.4, 0.5) is 9.18 Å². The summed E-state index contributed by atoms with van der Waals surface area (Å²) in [4.78, 5) is 14.3. The van der Waals surface area contributed by atoms with E-state index < -0.39 is 14.2 Å². The van der Waals surface area contributed by atoms with Crippen molar-refractivity contribution in [1.29, 1.82) is 0 Å². The Balaban J connectivity index is 1.75. The minimum atomic E-state index is -1.72. The topological polar surface area (TPSA) is 38.8 Å². The van der Waals surface area contributed by atoms with Gasteiger partial charge in [-0.25, -0.2) is 9.18 Å². The van der Waals surface area contributed by atoms with Gasteiger partial charge in [0.2, 0.25) is 0 Å². The highest BCUT2D eigenvalue weighted by Gasteiger charge is 2.58. The Morgan fingerprint density at radius 1 is 1.07 bits per heavy atom. The number of rotatable bonds is 6. The molecule has 2 bridgehead atoms. The second-order valence-corrected chi connectivity index (χ2v) is 16.8. The molecule has 3 heterocycles. The second kappa shape index (κ2) is 8.49. The molecule has 1 amide bonds. The van der Waals surface area contributed by atoms with E-state index in [9.17, 15) is 4.79 Å². The zero-order valence-electron chi connectivity index (χ0n) is 19.5.